The summed E-state index contributed by atoms with van der Waals surface area (Å²) in [5.74, 6) is 1.60. The molecular weight excluding hydrogens is 342 g/mol. The molecule has 3 aromatic rings. The summed E-state index contributed by atoms with van der Waals surface area (Å²) in [7, 11) is 0. The Hall–Kier alpha value is -2.30. The highest BCUT2D eigenvalue weighted by atomic mass is 32.1. The summed E-state index contributed by atoms with van der Waals surface area (Å²) in [6.07, 6.45) is 0. The van der Waals surface area contributed by atoms with Crippen molar-refractivity contribution in [3.8, 4) is 11.5 Å². The Morgan fingerprint density at radius 1 is 0.885 bits per heavy atom. The van der Waals surface area contributed by atoms with E-state index in [0.29, 0.717) is 13.2 Å². The third-order valence-corrected chi connectivity index (χ3v) is 4.89. The Morgan fingerprint density at radius 2 is 1.65 bits per heavy atom. The molecule has 0 spiro atoms. The smallest absolute Gasteiger partial charge is 0.161 e. The lowest BCUT2D eigenvalue weighted by molar-refractivity contribution is 0.271. The first-order chi connectivity index (χ1) is 12.7. The van der Waals surface area contributed by atoms with E-state index in [0.717, 1.165) is 24.6 Å². The zero-order chi connectivity index (χ0) is 18.2. The van der Waals surface area contributed by atoms with Gasteiger partial charge in [-0.3, -0.25) is 0 Å². The summed E-state index contributed by atoms with van der Waals surface area (Å²) in [6, 6.07) is 18.9. The molecule has 0 unspecified atom stereocenters. The Kier molecular flexibility index (Phi) is 6.69. The maximum Gasteiger partial charge on any atom is 0.161 e. The fourth-order valence-electron chi connectivity index (χ4n) is 2.65. The van der Waals surface area contributed by atoms with Gasteiger partial charge in [0.1, 0.15) is 6.61 Å². The Morgan fingerprint density at radius 3 is 2.38 bits per heavy atom. The first-order valence-electron chi connectivity index (χ1n) is 8.92. The molecule has 0 radical (unpaired) electrons. The van der Waals surface area contributed by atoms with Crippen LogP contribution in [0.5, 0.6) is 11.5 Å². The molecule has 136 valence electrons. The number of rotatable bonds is 9. The monoisotopic (exact) mass is 367 g/mol. The minimum atomic E-state index is 0.572. The second-order valence-electron chi connectivity index (χ2n) is 6.17. The van der Waals surface area contributed by atoms with E-state index in [1.54, 1.807) is 11.3 Å². The van der Waals surface area contributed by atoms with Gasteiger partial charge in [0.05, 0.1) is 6.61 Å². The molecule has 0 saturated heterocycles. The lowest BCUT2D eigenvalue weighted by atomic mass is 10.1. The third-order valence-electron chi connectivity index (χ3n) is 4.04. The largest absolute Gasteiger partial charge is 0.490 e. The van der Waals surface area contributed by atoms with Crippen molar-refractivity contribution in [2.45, 2.75) is 33.5 Å². The summed E-state index contributed by atoms with van der Waals surface area (Å²) < 4.78 is 11.7. The van der Waals surface area contributed by atoms with Crippen LogP contribution in [0, 0.1) is 6.92 Å². The Labute approximate surface area is 159 Å². The van der Waals surface area contributed by atoms with Gasteiger partial charge in [-0.1, -0.05) is 42.0 Å². The van der Waals surface area contributed by atoms with Gasteiger partial charge < -0.3 is 14.8 Å². The average Bonchev–Trinajstić information content (AvgIpc) is 3.16. The van der Waals surface area contributed by atoms with E-state index >= 15 is 0 Å². The van der Waals surface area contributed by atoms with E-state index in [4.69, 9.17) is 9.47 Å². The van der Waals surface area contributed by atoms with Crippen LogP contribution in [0.3, 0.4) is 0 Å². The number of hydrogen-bond donors (Lipinski definition) is 1. The molecule has 26 heavy (non-hydrogen) atoms. The fraction of sp³-hybridized carbons (Fsp3) is 0.273. The van der Waals surface area contributed by atoms with Gasteiger partial charge in [0.25, 0.3) is 0 Å². The molecule has 0 amide bonds. The van der Waals surface area contributed by atoms with E-state index in [9.17, 15) is 0 Å². The van der Waals surface area contributed by atoms with Crippen molar-refractivity contribution in [1.29, 1.82) is 0 Å². The molecule has 0 saturated carbocycles. The van der Waals surface area contributed by atoms with Crippen molar-refractivity contribution >= 4 is 11.3 Å². The molecule has 4 heteroatoms. The zero-order valence-electron chi connectivity index (χ0n) is 15.3. The summed E-state index contributed by atoms with van der Waals surface area (Å²) >= 11 is 1.70. The van der Waals surface area contributed by atoms with Crippen LogP contribution >= 0.6 is 11.3 Å². The lowest BCUT2D eigenvalue weighted by Gasteiger charge is -2.13. The molecular formula is C22H25NO2S. The first-order valence-corrected chi connectivity index (χ1v) is 9.79. The van der Waals surface area contributed by atoms with Crippen LogP contribution < -0.4 is 14.8 Å². The fourth-order valence-corrected chi connectivity index (χ4v) is 3.27. The Bertz CT molecular complexity index is 798. The number of aryl methyl sites for hydroxylation is 1. The highest BCUT2D eigenvalue weighted by Crippen LogP contribution is 2.29. The SMILES string of the molecule is CCOc1cc(CNCc2ccc(C)cc2)ccc1OCc1cccs1. The van der Waals surface area contributed by atoms with Crippen molar-refractivity contribution in [3.63, 3.8) is 0 Å². The van der Waals surface area contributed by atoms with E-state index in [-0.39, 0.29) is 0 Å². The van der Waals surface area contributed by atoms with E-state index < -0.39 is 0 Å². The van der Waals surface area contributed by atoms with E-state index in [2.05, 4.69) is 60.1 Å². The van der Waals surface area contributed by atoms with Crippen LogP contribution in [0.25, 0.3) is 0 Å². The topological polar surface area (TPSA) is 30.5 Å². The summed E-state index contributed by atoms with van der Waals surface area (Å²) in [4.78, 5) is 1.20. The summed E-state index contributed by atoms with van der Waals surface area (Å²) in [5.41, 5.74) is 3.76. The van der Waals surface area contributed by atoms with Gasteiger partial charge in [-0.25, -0.2) is 0 Å². The summed E-state index contributed by atoms with van der Waals surface area (Å²) in [6.45, 7) is 6.93. The minimum Gasteiger partial charge on any atom is -0.490 e. The van der Waals surface area contributed by atoms with Gasteiger partial charge >= 0.3 is 0 Å². The Balaban J connectivity index is 1.58. The predicted molar refractivity (Wildman–Crippen MR) is 108 cm³/mol. The molecule has 3 rings (SSSR count). The third kappa shape index (κ3) is 5.35. The molecule has 2 aromatic carbocycles. The van der Waals surface area contributed by atoms with Crippen LogP contribution in [0.1, 0.15) is 28.5 Å². The quantitative estimate of drug-likeness (QED) is 0.555. The van der Waals surface area contributed by atoms with Crippen molar-refractivity contribution in [2.75, 3.05) is 6.61 Å². The van der Waals surface area contributed by atoms with E-state index in [1.165, 1.54) is 21.6 Å². The molecule has 0 bridgehead atoms. The van der Waals surface area contributed by atoms with Crippen LogP contribution in [-0.4, -0.2) is 6.61 Å². The van der Waals surface area contributed by atoms with Crippen molar-refractivity contribution in [1.82, 2.24) is 5.32 Å². The number of ether oxygens (including phenoxy) is 2. The molecule has 1 N–H and O–H groups in total. The molecule has 0 aliphatic carbocycles. The molecule has 1 heterocycles. The maximum atomic E-state index is 5.94. The van der Waals surface area contributed by atoms with Crippen LogP contribution in [0.15, 0.2) is 60.0 Å². The van der Waals surface area contributed by atoms with Crippen molar-refractivity contribution in [3.05, 3.63) is 81.5 Å². The molecule has 0 atom stereocenters. The van der Waals surface area contributed by atoms with Crippen molar-refractivity contribution < 1.29 is 9.47 Å². The second-order valence-corrected chi connectivity index (χ2v) is 7.20. The van der Waals surface area contributed by atoms with Gasteiger partial charge in [-0.2, -0.15) is 0 Å². The molecule has 0 fully saturated rings. The maximum absolute atomic E-state index is 5.94. The normalized spacial score (nSPS) is 10.7. The minimum absolute atomic E-state index is 0.572. The molecule has 0 aliphatic heterocycles. The number of benzene rings is 2. The number of nitrogens with one attached hydrogen (secondary N) is 1. The van der Waals surface area contributed by atoms with Crippen LogP contribution in [-0.2, 0) is 19.7 Å². The first kappa shape index (κ1) is 18.5. The van der Waals surface area contributed by atoms with E-state index in [1.807, 2.05) is 19.1 Å². The second kappa shape index (κ2) is 9.41. The van der Waals surface area contributed by atoms with Gasteiger partial charge in [0.2, 0.25) is 0 Å². The lowest BCUT2D eigenvalue weighted by Crippen LogP contribution is -2.12. The predicted octanol–water partition coefficient (Wildman–Crippen LogP) is 5.32. The summed E-state index contributed by atoms with van der Waals surface area (Å²) in [5, 5.41) is 5.55. The molecule has 1 aromatic heterocycles. The van der Waals surface area contributed by atoms with Gasteiger partial charge in [-0.15, -0.1) is 11.3 Å². The zero-order valence-corrected chi connectivity index (χ0v) is 16.1. The number of thiophene rings is 1. The van der Waals surface area contributed by atoms with Crippen molar-refractivity contribution in [2.24, 2.45) is 0 Å². The van der Waals surface area contributed by atoms with Gasteiger partial charge in [0, 0.05) is 18.0 Å². The van der Waals surface area contributed by atoms with Gasteiger partial charge in [0.15, 0.2) is 11.5 Å². The number of hydrogen-bond acceptors (Lipinski definition) is 4. The molecule has 3 nitrogen and oxygen atoms in total. The van der Waals surface area contributed by atoms with Crippen LogP contribution in [0.2, 0.25) is 0 Å². The highest BCUT2D eigenvalue weighted by molar-refractivity contribution is 7.09. The van der Waals surface area contributed by atoms with Crippen LogP contribution in [0.4, 0.5) is 0 Å². The molecule has 0 aliphatic rings. The standard InChI is InChI=1S/C22H25NO2S/c1-3-24-22-13-19(15-23-14-18-8-6-17(2)7-9-18)10-11-21(22)25-16-20-5-4-12-26-20/h4-13,23H,3,14-16H2,1-2H3. The highest BCUT2D eigenvalue weighted by Gasteiger charge is 2.07. The average molecular weight is 368 g/mol. The van der Waals surface area contributed by atoms with Gasteiger partial charge in [-0.05, 0) is 48.6 Å².